The lowest BCUT2D eigenvalue weighted by Crippen LogP contribution is -2.18. The highest BCUT2D eigenvalue weighted by atomic mass is 19.4. The van der Waals surface area contributed by atoms with Crippen LogP contribution in [0.25, 0.3) is 22.6 Å². The number of alkyl halides is 3. The maximum atomic E-state index is 12.6. The summed E-state index contributed by atoms with van der Waals surface area (Å²) in [5.41, 5.74) is 1.47. The number of aromatic nitrogens is 7. The van der Waals surface area contributed by atoms with Crippen molar-refractivity contribution in [2.24, 2.45) is 7.05 Å². The molecule has 0 aliphatic rings. The third kappa shape index (κ3) is 3.47. The fourth-order valence-corrected chi connectivity index (χ4v) is 2.36. The molecular weight excluding hydrogens is 335 g/mol. The van der Waals surface area contributed by atoms with E-state index >= 15 is 0 Å². The first-order chi connectivity index (χ1) is 11.6. The third-order valence-corrected chi connectivity index (χ3v) is 3.70. The van der Waals surface area contributed by atoms with Crippen molar-refractivity contribution in [3.05, 3.63) is 18.1 Å². The van der Waals surface area contributed by atoms with Crippen LogP contribution in [0.15, 0.2) is 12.3 Å². The van der Waals surface area contributed by atoms with Crippen molar-refractivity contribution in [3.63, 3.8) is 0 Å². The van der Waals surface area contributed by atoms with Gasteiger partial charge in [0.2, 0.25) is 0 Å². The van der Waals surface area contributed by atoms with Crippen molar-refractivity contribution >= 4 is 11.2 Å². The van der Waals surface area contributed by atoms with Gasteiger partial charge in [-0.3, -0.25) is 4.68 Å². The van der Waals surface area contributed by atoms with Crippen molar-refractivity contribution in [2.75, 3.05) is 0 Å². The van der Waals surface area contributed by atoms with Gasteiger partial charge in [-0.2, -0.15) is 18.3 Å². The van der Waals surface area contributed by atoms with Gasteiger partial charge in [-0.1, -0.05) is 26.0 Å². The van der Waals surface area contributed by atoms with Crippen molar-refractivity contribution in [1.82, 2.24) is 34.7 Å². The van der Waals surface area contributed by atoms with Crippen LogP contribution in [0.1, 0.15) is 33.0 Å². The molecule has 0 radical (unpaired) electrons. The maximum absolute atomic E-state index is 12.6. The zero-order valence-corrected chi connectivity index (χ0v) is 14.3. The molecule has 3 heterocycles. The maximum Gasteiger partial charge on any atom is 0.390 e. The van der Waals surface area contributed by atoms with E-state index in [9.17, 15) is 13.2 Å². The molecule has 3 aromatic rings. The van der Waals surface area contributed by atoms with Gasteiger partial charge >= 0.3 is 6.18 Å². The van der Waals surface area contributed by atoms with Gasteiger partial charge in [-0.15, -0.1) is 5.10 Å². The van der Waals surface area contributed by atoms with Crippen LogP contribution in [0.3, 0.4) is 0 Å². The fraction of sp³-hybridized carbons (Fsp3) is 0.533. The quantitative estimate of drug-likeness (QED) is 0.724. The summed E-state index contributed by atoms with van der Waals surface area (Å²) >= 11 is 0. The predicted octanol–water partition coefficient (Wildman–Crippen LogP) is 2.87. The molecule has 25 heavy (non-hydrogen) atoms. The average Bonchev–Trinajstić information content (AvgIpc) is 3.08. The summed E-state index contributed by atoms with van der Waals surface area (Å²) in [5, 5.41) is 12.0. The van der Waals surface area contributed by atoms with Crippen LogP contribution in [0, 0.1) is 0 Å². The molecular formula is C15H18F3N7. The summed E-state index contributed by atoms with van der Waals surface area (Å²) in [6.07, 6.45) is -3.65. The minimum atomic E-state index is -4.27. The second-order valence-corrected chi connectivity index (χ2v) is 6.84. The number of fused-ring (bicyclic) bond motifs is 1. The molecule has 0 spiro atoms. The Bertz CT molecular complexity index is 902. The van der Waals surface area contributed by atoms with E-state index in [2.05, 4.69) is 25.4 Å². The molecule has 3 rings (SSSR count). The van der Waals surface area contributed by atoms with E-state index in [1.807, 2.05) is 20.8 Å². The zero-order chi connectivity index (χ0) is 18.4. The molecule has 134 valence electrons. The molecule has 0 aliphatic carbocycles. The Labute approximate surface area is 141 Å². The predicted molar refractivity (Wildman–Crippen MR) is 84.7 cm³/mol. The summed E-state index contributed by atoms with van der Waals surface area (Å²) in [6, 6.07) is 1.77. The van der Waals surface area contributed by atoms with E-state index in [4.69, 9.17) is 0 Å². The molecule has 10 heteroatoms. The highest BCUT2D eigenvalue weighted by Gasteiger charge is 2.29. The van der Waals surface area contributed by atoms with Gasteiger partial charge in [0.15, 0.2) is 11.2 Å². The van der Waals surface area contributed by atoms with Crippen molar-refractivity contribution in [2.45, 2.75) is 45.3 Å². The van der Waals surface area contributed by atoms with Crippen molar-refractivity contribution in [3.8, 4) is 11.4 Å². The van der Waals surface area contributed by atoms with Crippen molar-refractivity contribution < 1.29 is 13.2 Å². The van der Waals surface area contributed by atoms with Gasteiger partial charge in [0.1, 0.15) is 11.5 Å². The molecule has 0 bridgehead atoms. The monoisotopic (exact) mass is 353 g/mol. The minimum absolute atomic E-state index is 0.292. The summed E-state index contributed by atoms with van der Waals surface area (Å²) < 4.78 is 40.5. The van der Waals surface area contributed by atoms with Crippen LogP contribution < -0.4 is 0 Å². The topological polar surface area (TPSA) is 74.3 Å². The largest absolute Gasteiger partial charge is 0.390 e. The molecule has 0 saturated heterocycles. The van der Waals surface area contributed by atoms with E-state index in [1.165, 1.54) is 4.68 Å². The number of hydrogen-bond acceptors (Lipinski definition) is 5. The Morgan fingerprint density at radius 3 is 2.40 bits per heavy atom. The first-order valence-electron chi connectivity index (χ1n) is 7.73. The molecule has 0 aliphatic heterocycles. The van der Waals surface area contributed by atoms with Crippen molar-refractivity contribution in [1.29, 1.82) is 0 Å². The van der Waals surface area contributed by atoms with Gasteiger partial charge in [-0.25, -0.2) is 14.6 Å². The van der Waals surface area contributed by atoms with E-state index in [0.717, 1.165) is 0 Å². The SMILES string of the molecule is Cn1nccc1-c1nc(C(C)(C)C)nc2c1nnn2CCC(F)(F)F. The summed E-state index contributed by atoms with van der Waals surface area (Å²) in [7, 11) is 1.76. The lowest BCUT2D eigenvalue weighted by molar-refractivity contribution is -0.137. The Morgan fingerprint density at radius 2 is 1.84 bits per heavy atom. The van der Waals surface area contributed by atoms with Crippen LogP contribution in [-0.2, 0) is 19.0 Å². The molecule has 0 aromatic carbocycles. The Kier molecular flexibility index (Phi) is 4.00. The number of rotatable bonds is 3. The highest BCUT2D eigenvalue weighted by molar-refractivity contribution is 5.85. The van der Waals surface area contributed by atoms with Crippen LogP contribution in [0.5, 0.6) is 0 Å². The summed E-state index contributed by atoms with van der Waals surface area (Å²) in [6.45, 7) is 5.46. The highest BCUT2D eigenvalue weighted by Crippen LogP contribution is 2.28. The molecule has 0 unspecified atom stereocenters. The van der Waals surface area contributed by atoms with Gasteiger partial charge < -0.3 is 0 Å². The van der Waals surface area contributed by atoms with Gasteiger partial charge in [0.05, 0.1) is 18.7 Å². The van der Waals surface area contributed by atoms with Crippen LogP contribution in [0.2, 0.25) is 0 Å². The smallest absolute Gasteiger partial charge is 0.266 e. The summed E-state index contributed by atoms with van der Waals surface area (Å²) in [5.74, 6) is 0.506. The summed E-state index contributed by atoms with van der Waals surface area (Å²) in [4.78, 5) is 9.02. The van der Waals surface area contributed by atoms with Gasteiger partial charge in [0, 0.05) is 18.7 Å². The number of aryl methyl sites for hydroxylation is 2. The Morgan fingerprint density at radius 1 is 1.12 bits per heavy atom. The first-order valence-corrected chi connectivity index (χ1v) is 7.73. The second kappa shape index (κ2) is 5.78. The molecule has 0 amide bonds. The minimum Gasteiger partial charge on any atom is -0.266 e. The average molecular weight is 353 g/mol. The third-order valence-electron chi connectivity index (χ3n) is 3.70. The van der Waals surface area contributed by atoms with Gasteiger partial charge in [0.25, 0.3) is 0 Å². The van der Waals surface area contributed by atoms with Crippen LogP contribution in [0.4, 0.5) is 13.2 Å². The normalized spacial score (nSPS) is 12.9. The molecule has 0 N–H and O–H groups in total. The van der Waals surface area contributed by atoms with Crippen LogP contribution >= 0.6 is 0 Å². The Balaban J connectivity index is 2.19. The first kappa shape index (κ1) is 17.3. The van der Waals surface area contributed by atoms with E-state index in [1.54, 1.807) is 24.0 Å². The molecule has 7 nitrogen and oxygen atoms in total. The molecule has 3 aromatic heterocycles. The van der Waals surface area contributed by atoms with Crippen LogP contribution in [-0.4, -0.2) is 40.9 Å². The number of halogens is 3. The lowest BCUT2D eigenvalue weighted by Gasteiger charge is -2.17. The number of hydrogen-bond donors (Lipinski definition) is 0. The standard InChI is InChI=1S/C15H18F3N7/c1-14(2,3)13-20-10(9-5-7-19-24(9)4)11-12(21-13)25(23-22-11)8-6-15(16,17)18/h5,7H,6,8H2,1-4H3. The van der Waals surface area contributed by atoms with E-state index in [-0.39, 0.29) is 12.0 Å². The molecule has 0 atom stereocenters. The van der Waals surface area contributed by atoms with Gasteiger partial charge in [-0.05, 0) is 6.07 Å². The van der Waals surface area contributed by atoms with E-state index < -0.39 is 12.6 Å². The van der Waals surface area contributed by atoms with E-state index in [0.29, 0.717) is 28.4 Å². The Hall–Kier alpha value is -2.52. The lowest BCUT2D eigenvalue weighted by atomic mass is 9.95. The second-order valence-electron chi connectivity index (χ2n) is 6.84. The number of nitrogens with zero attached hydrogens (tertiary/aromatic N) is 7. The fourth-order valence-electron chi connectivity index (χ4n) is 2.36. The zero-order valence-electron chi connectivity index (χ0n) is 14.3. The molecule has 0 saturated carbocycles. The molecule has 0 fully saturated rings.